The maximum absolute atomic E-state index is 14.9. The highest BCUT2D eigenvalue weighted by Crippen LogP contribution is 2.62. The minimum Gasteiger partial charge on any atom is -0.496 e. The van der Waals surface area contributed by atoms with Crippen molar-refractivity contribution >= 4 is 23.9 Å². The minimum absolute atomic E-state index is 0.0689. The lowest BCUT2D eigenvalue weighted by Gasteiger charge is -2.49. The number of hydrogen-bond donors (Lipinski definition) is 2. The van der Waals surface area contributed by atoms with Gasteiger partial charge in [0.1, 0.15) is 23.4 Å². The van der Waals surface area contributed by atoms with Gasteiger partial charge < -0.3 is 38.6 Å². The van der Waals surface area contributed by atoms with Crippen molar-refractivity contribution in [3.63, 3.8) is 0 Å². The fourth-order valence-corrected chi connectivity index (χ4v) is 11.9. The summed E-state index contributed by atoms with van der Waals surface area (Å²) in [5, 5.41) is 21.8. The fraction of sp³-hybridized carbons (Fsp3) is 0.233. The van der Waals surface area contributed by atoms with Crippen molar-refractivity contribution in [2.75, 3.05) is 21.0 Å². The van der Waals surface area contributed by atoms with Gasteiger partial charge in [-0.1, -0.05) is 115 Å². The topological polar surface area (TPSA) is 164 Å². The molecule has 0 saturated heterocycles. The lowest BCUT2D eigenvalue weighted by molar-refractivity contribution is -0.168. The van der Waals surface area contributed by atoms with Crippen LogP contribution in [0.1, 0.15) is 57.1 Å². The smallest absolute Gasteiger partial charge is 0.315 e. The van der Waals surface area contributed by atoms with E-state index in [1.54, 1.807) is 48.5 Å². The van der Waals surface area contributed by atoms with Crippen molar-refractivity contribution in [2.45, 2.75) is 42.6 Å². The number of carbonyl (C=O) groups is 4. The first-order valence-corrected chi connectivity index (χ1v) is 24.0. The number of hydrogen-bond acceptors (Lipinski definition) is 10. The van der Waals surface area contributed by atoms with E-state index in [1.807, 2.05) is 115 Å². The Morgan fingerprint density at radius 3 is 1.61 bits per heavy atom. The summed E-state index contributed by atoms with van der Waals surface area (Å²) < 4.78 is 35.9. The third kappa shape index (κ3) is 8.26. The van der Waals surface area contributed by atoms with E-state index in [1.165, 1.54) is 14.2 Å². The van der Waals surface area contributed by atoms with Gasteiger partial charge in [-0.2, -0.15) is 0 Å². The molecule has 3 aliphatic carbocycles. The number of rotatable bonds is 14. The molecule has 5 unspecified atom stereocenters. The molecule has 2 fully saturated rings. The van der Waals surface area contributed by atoms with Crippen LogP contribution in [-0.4, -0.2) is 61.2 Å². The van der Waals surface area contributed by atoms with E-state index in [9.17, 15) is 29.4 Å². The molecule has 72 heavy (non-hydrogen) atoms. The van der Waals surface area contributed by atoms with E-state index >= 15 is 0 Å². The highest BCUT2D eigenvalue weighted by molar-refractivity contribution is 5.88. The molecule has 2 N–H and O–H groups in total. The van der Waals surface area contributed by atoms with Crippen molar-refractivity contribution in [1.82, 2.24) is 0 Å². The van der Waals surface area contributed by atoms with Crippen LogP contribution in [-0.2, 0) is 36.8 Å². The van der Waals surface area contributed by atoms with Crippen LogP contribution in [0, 0.1) is 23.7 Å². The quantitative estimate of drug-likeness (QED) is 0.0784. The molecule has 0 radical (unpaired) electrons. The number of carbonyl (C=O) groups excluding carboxylic acids is 2. The molecule has 12 nitrogen and oxygen atoms in total. The average molecular weight is 963 g/mol. The molecular formula is C60H50O12. The van der Waals surface area contributed by atoms with E-state index in [4.69, 9.17) is 28.4 Å². The first-order valence-electron chi connectivity index (χ1n) is 24.0. The summed E-state index contributed by atoms with van der Waals surface area (Å²) in [4.78, 5) is 56.3. The molecule has 8 atom stereocenters. The summed E-state index contributed by atoms with van der Waals surface area (Å²) in [5.74, 6) is -7.85. The lowest BCUT2D eigenvalue weighted by atomic mass is 9.52. The van der Waals surface area contributed by atoms with Gasteiger partial charge in [-0.25, -0.2) is 0 Å². The zero-order chi connectivity index (χ0) is 49.6. The number of para-hydroxylation sites is 1. The summed E-state index contributed by atoms with van der Waals surface area (Å²) in [6.45, 7) is 0.0689. The number of esters is 2. The standard InChI is InChI=1S/C60H50O12/c1-67-45-20-12-11-19-43(45)51-54(58(63)64)52(56(51)60(66)71-41-26-35-17-9-10-18-36(35)27-41)44-30-37(21-23-46(44)68-2)39-25-40(38-22-24-47-48(31-38)70-32-69-47)29-42(28-39)72-59(65)55-49(33-13-5-3-6-14-33)53(57(61)62)50(55)34-15-7-4-8-16-34/h3-25,28-31,41,49-56H,26-27,32H2,1-2H3,(H,61,62)(H,63,64)/t49-,50?,51-,52-,53?,54?,55?,56?/m0/s1. The number of carboxylic acids is 2. The van der Waals surface area contributed by atoms with Gasteiger partial charge in [0.2, 0.25) is 6.79 Å². The number of carboxylic acid groups (broad SMARTS) is 2. The van der Waals surface area contributed by atoms with E-state index in [2.05, 4.69) is 0 Å². The molecule has 7 aromatic rings. The van der Waals surface area contributed by atoms with Gasteiger partial charge in [-0.05, 0) is 104 Å². The third-order valence-electron chi connectivity index (χ3n) is 15.1. The second kappa shape index (κ2) is 19.1. The monoisotopic (exact) mass is 962 g/mol. The molecule has 4 aliphatic rings. The average Bonchev–Trinajstić information content (AvgIpc) is 4.03. The molecule has 7 aromatic carbocycles. The van der Waals surface area contributed by atoms with Gasteiger partial charge in [0, 0.05) is 36.5 Å². The second-order valence-corrected chi connectivity index (χ2v) is 18.9. The Hall–Kier alpha value is -8.38. The maximum atomic E-state index is 14.9. The summed E-state index contributed by atoms with van der Waals surface area (Å²) >= 11 is 0. The van der Waals surface area contributed by atoms with Crippen molar-refractivity contribution in [2.24, 2.45) is 23.7 Å². The van der Waals surface area contributed by atoms with E-state index in [0.717, 1.165) is 27.8 Å². The third-order valence-corrected chi connectivity index (χ3v) is 15.1. The Bertz CT molecular complexity index is 3150. The first kappa shape index (κ1) is 46.0. The van der Waals surface area contributed by atoms with Crippen LogP contribution >= 0.6 is 0 Å². The number of fused-ring (bicyclic) bond motifs is 2. The minimum atomic E-state index is -1.09. The van der Waals surface area contributed by atoms with Crippen LogP contribution in [0.4, 0.5) is 0 Å². The Balaban J connectivity index is 1.00. The van der Waals surface area contributed by atoms with E-state index < -0.39 is 77.3 Å². The van der Waals surface area contributed by atoms with Gasteiger partial charge in [-0.3, -0.25) is 19.2 Å². The summed E-state index contributed by atoms with van der Waals surface area (Å²) in [6, 6.07) is 49.9. The molecule has 362 valence electrons. The molecule has 12 heteroatoms. The Kier molecular flexibility index (Phi) is 12.2. The zero-order valence-electron chi connectivity index (χ0n) is 39.4. The second-order valence-electron chi connectivity index (χ2n) is 18.9. The molecule has 11 rings (SSSR count). The van der Waals surface area contributed by atoms with Gasteiger partial charge in [0.25, 0.3) is 0 Å². The van der Waals surface area contributed by atoms with E-state index in [-0.39, 0.29) is 12.5 Å². The molecule has 1 heterocycles. The molecule has 0 bridgehead atoms. The van der Waals surface area contributed by atoms with Gasteiger partial charge >= 0.3 is 23.9 Å². The van der Waals surface area contributed by atoms with Crippen molar-refractivity contribution in [1.29, 1.82) is 0 Å². The molecule has 2 saturated carbocycles. The lowest BCUT2D eigenvalue weighted by Crippen LogP contribution is -2.52. The first-order chi connectivity index (χ1) is 35.1. The Morgan fingerprint density at radius 1 is 0.472 bits per heavy atom. The Morgan fingerprint density at radius 2 is 0.986 bits per heavy atom. The molecular weight excluding hydrogens is 913 g/mol. The van der Waals surface area contributed by atoms with Gasteiger partial charge in [0.05, 0.1) is 37.9 Å². The van der Waals surface area contributed by atoms with Crippen LogP contribution in [0.5, 0.6) is 28.7 Å². The van der Waals surface area contributed by atoms with Crippen LogP contribution in [0.25, 0.3) is 22.3 Å². The maximum Gasteiger partial charge on any atom is 0.315 e. The van der Waals surface area contributed by atoms with Crippen LogP contribution < -0.4 is 23.7 Å². The van der Waals surface area contributed by atoms with Gasteiger partial charge in [-0.15, -0.1) is 0 Å². The number of methoxy groups -OCH3 is 2. The molecule has 0 amide bonds. The predicted octanol–water partition coefficient (Wildman–Crippen LogP) is 10.5. The van der Waals surface area contributed by atoms with Gasteiger partial charge in [0.15, 0.2) is 11.5 Å². The highest BCUT2D eigenvalue weighted by atomic mass is 16.7. The molecule has 1 aliphatic heterocycles. The normalized spacial score (nSPS) is 22.6. The zero-order valence-corrected chi connectivity index (χ0v) is 39.4. The number of benzene rings is 7. The summed E-state index contributed by atoms with van der Waals surface area (Å²) in [7, 11) is 3.03. The number of aliphatic carboxylic acids is 2. The molecule has 0 aromatic heterocycles. The largest absolute Gasteiger partial charge is 0.496 e. The summed E-state index contributed by atoms with van der Waals surface area (Å²) in [5.41, 5.74) is 7.34. The highest BCUT2D eigenvalue weighted by Gasteiger charge is 2.61. The van der Waals surface area contributed by atoms with Crippen molar-refractivity contribution < 1.29 is 57.8 Å². The van der Waals surface area contributed by atoms with Crippen LogP contribution in [0.3, 0.4) is 0 Å². The van der Waals surface area contributed by atoms with Crippen molar-refractivity contribution in [3.8, 4) is 51.0 Å². The fourth-order valence-electron chi connectivity index (χ4n) is 11.9. The molecule has 0 spiro atoms. The van der Waals surface area contributed by atoms with Crippen LogP contribution in [0.2, 0.25) is 0 Å². The summed E-state index contributed by atoms with van der Waals surface area (Å²) in [6.07, 6.45) is 0.673. The van der Waals surface area contributed by atoms with Crippen molar-refractivity contribution in [3.05, 3.63) is 197 Å². The van der Waals surface area contributed by atoms with Crippen LogP contribution in [0.15, 0.2) is 164 Å². The Labute approximate surface area is 415 Å². The number of ether oxygens (including phenoxy) is 6. The SMILES string of the molecule is COc1ccccc1[C@H]1C(C(=O)O)[C@H](c2cc(-c3cc(OC(=O)C4C(c5ccccc5)C(C(=O)O)[C@@H]4c4ccccc4)cc(-c4ccc5c(c4)OCO5)c3)ccc2OC)C1C(=O)OC1Cc2ccccc2C1. The predicted molar refractivity (Wildman–Crippen MR) is 265 cm³/mol. The van der Waals surface area contributed by atoms with E-state index in [0.29, 0.717) is 63.7 Å².